The maximum Gasteiger partial charge on any atom is 0.341 e. The molecule has 1 aromatic carbocycles. The third kappa shape index (κ3) is 4.41. The van der Waals surface area contributed by atoms with Crippen LogP contribution in [0.3, 0.4) is 0 Å². The minimum Gasteiger partial charge on any atom is -0.497 e. The van der Waals surface area contributed by atoms with Crippen molar-refractivity contribution in [1.82, 2.24) is 4.90 Å². The van der Waals surface area contributed by atoms with Crippen molar-refractivity contribution in [3.8, 4) is 5.75 Å². The number of methoxy groups -OCH3 is 2. The van der Waals surface area contributed by atoms with Crippen LogP contribution in [-0.2, 0) is 14.3 Å². The summed E-state index contributed by atoms with van der Waals surface area (Å²) >= 11 is 0. The standard InChI is InChI=1S/C16H21FN2O4/c1-22-12-7-5-11(6-8-12)18-15(20)14-4-3-9-19(14)10-13(17)16(21)23-2/h5-8,13-14H,3-4,9-10H2,1-2H3,(H,18,20)/t13-,14-/m1/s1. The maximum atomic E-state index is 13.7. The van der Waals surface area contributed by atoms with E-state index in [0.29, 0.717) is 24.4 Å². The Hall–Kier alpha value is -2.15. The highest BCUT2D eigenvalue weighted by molar-refractivity contribution is 5.95. The third-order valence-electron chi connectivity index (χ3n) is 3.88. The second-order valence-corrected chi connectivity index (χ2v) is 5.36. The zero-order valence-electron chi connectivity index (χ0n) is 13.3. The molecule has 126 valence electrons. The molecule has 0 bridgehead atoms. The summed E-state index contributed by atoms with van der Waals surface area (Å²) in [5, 5.41) is 2.81. The Morgan fingerprint density at radius 2 is 2.04 bits per heavy atom. The van der Waals surface area contributed by atoms with Crippen LogP contribution in [0, 0.1) is 0 Å². The molecule has 7 heteroatoms. The van der Waals surface area contributed by atoms with E-state index in [1.165, 1.54) is 0 Å². The normalized spacial score (nSPS) is 19.2. The number of likely N-dealkylation sites (tertiary alicyclic amines) is 1. The lowest BCUT2D eigenvalue weighted by Gasteiger charge is -2.24. The number of alkyl halides is 1. The van der Waals surface area contributed by atoms with Gasteiger partial charge in [-0.25, -0.2) is 9.18 Å². The molecule has 2 atom stereocenters. The van der Waals surface area contributed by atoms with E-state index in [1.807, 2.05) is 0 Å². The van der Waals surface area contributed by atoms with Crippen molar-refractivity contribution in [3.05, 3.63) is 24.3 Å². The second kappa shape index (κ2) is 7.92. The summed E-state index contributed by atoms with van der Waals surface area (Å²) < 4.78 is 23.2. The average molecular weight is 324 g/mol. The summed E-state index contributed by atoms with van der Waals surface area (Å²) in [6, 6.07) is 6.53. The fraction of sp³-hybridized carbons (Fsp3) is 0.500. The molecule has 6 nitrogen and oxygen atoms in total. The van der Waals surface area contributed by atoms with Crippen LogP contribution in [0.2, 0.25) is 0 Å². The molecule has 0 unspecified atom stereocenters. The van der Waals surface area contributed by atoms with Crippen LogP contribution in [0.25, 0.3) is 0 Å². The molecule has 23 heavy (non-hydrogen) atoms. The first-order chi connectivity index (χ1) is 11.0. The van der Waals surface area contributed by atoms with Crippen molar-refractivity contribution < 1.29 is 23.5 Å². The number of benzene rings is 1. The van der Waals surface area contributed by atoms with Gasteiger partial charge in [-0.05, 0) is 43.7 Å². The predicted molar refractivity (Wildman–Crippen MR) is 83.1 cm³/mol. The van der Waals surface area contributed by atoms with Crippen LogP contribution in [-0.4, -0.2) is 56.3 Å². The van der Waals surface area contributed by atoms with E-state index in [2.05, 4.69) is 10.1 Å². The Morgan fingerprint density at radius 3 is 2.65 bits per heavy atom. The molecule has 0 radical (unpaired) electrons. The van der Waals surface area contributed by atoms with Crippen molar-refractivity contribution in [2.45, 2.75) is 25.1 Å². The Kier molecular flexibility index (Phi) is 5.92. The lowest BCUT2D eigenvalue weighted by molar-refractivity contribution is -0.147. The maximum absolute atomic E-state index is 13.7. The monoisotopic (exact) mass is 324 g/mol. The fourth-order valence-corrected chi connectivity index (χ4v) is 2.65. The van der Waals surface area contributed by atoms with Gasteiger partial charge < -0.3 is 14.8 Å². The third-order valence-corrected chi connectivity index (χ3v) is 3.88. The zero-order valence-corrected chi connectivity index (χ0v) is 13.3. The van der Waals surface area contributed by atoms with Gasteiger partial charge in [0.2, 0.25) is 12.1 Å². The van der Waals surface area contributed by atoms with Gasteiger partial charge >= 0.3 is 5.97 Å². The molecule has 1 aromatic rings. The molecule has 1 saturated heterocycles. The number of nitrogens with one attached hydrogen (secondary N) is 1. The van der Waals surface area contributed by atoms with Crippen molar-refractivity contribution in [2.75, 3.05) is 32.6 Å². The van der Waals surface area contributed by atoms with Crippen molar-refractivity contribution in [2.24, 2.45) is 0 Å². The van der Waals surface area contributed by atoms with Gasteiger partial charge in [-0.1, -0.05) is 0 Å². The van der Waals surface area contributed by atoms with E-state index >= 15 is 0 Å². The number of halogens is 1. The lowest BCUT2D eigenvalue weighted by atomic mass is 10.2. The minimum atomic E-state index is -1.74. The molecular formula is C16H21FN2O4. The number of nitrogens with zero attached hydrogens (tertiary/aromatic N) is 1. The Balaban J connectivity index is 1.95. The smallest absolute Gasteiger partial charge is 0.341 e. The quantitative estimate of drug-likeness (QED) is 0.805. The number of anilines is 1. The largest absolute Gasteiger partial charge is 0.497 e. The highest BCUT2D eigenvalue weighted by Gasteiger charge is 2.34. The van der Waals surface area contributed by atoms with Gasteiger partial charge in [-0.15, -0.1) is 0 Å². The second-order valence-electron chi connectivity index (χ2n) is 5.36. The van der Waals surface area contributed by atoms with E-state index in [4.69, 9.17) is 4.74 Å². The SMILES string of the molecule is COC(=O)[C@H](F)CN1CCC[C@@H]1C(=O)Nc1ccc(OC)cc1. The Labute approximate surface area is 134 Å². The molecule has 0 saturated carbocycles. The van der Waals surface area contributed by atoms with Gasteiger partial charge in [0.15, 0.2) is 0 Å². The molecule has 1 fully saturated rings. The summed E-state index contributed by atoms with van der Waals surface area (Å²) in [4.78, 5) is 25.3. The molecule has 0 spiro atoms. The summed E-state index contributed by atoms with van der Waals surface area (Å²) in [6.45, 7) is 0.450. The highest BCUT2D eigenvalue weighted by atomic mass is 19.1. The topological polar surface area (TPSA) is 67.9 Å². The van der Waals surface area contributed by atoms with Crippen LogP contribution in [0.15, 0.2) is 24.3 Å². The van der Waals surface area contributed by atoms with Gasteiger partial charge in [0, 0.05) is 12.2 Å². The minimum absolute atomic E-state index is 0.132. The number of hydrogen-bond donors (Lipinski definition) is 1. The van der Waals surface area contributed by atoms with E-state index in [9.17, 15) is 14.0 Å². The molecule has 1 amide bonds. The van der Waals surface area contributed by atoms with E-state index < -0.39 is 18.2 Å². The summed E-state index contributed by atoms with van der Waals surface area (Å²) in [5.74, 6) is -0.417. The molecular weight excluding hydrogens is 303 g/mol. The number of esters is 1. The van der Waals surface area contributed by atoms with Crippen molar-refractivity contribution in [3.63, 3.8) is 0 Å². The first-order valence-electron chi connectivity index (χ1n) is 7.46. The first-order valence-corrected chi connectivity index (χ1v) is 7.46. The van der Waals surface area contributed by atoms with E-state index in [0.717, 1.165) is 13.5 Å². The number of carbonyl (C=O) groups excluding carboxylic acids is 2. The Bertz CT molecular complexity index is 550. The van der Waals surface area contributed by atoms with E-state index in [-0.39, 0.29) is 12.5 Å². The highest BCUT2D eigenvalue weighted by Crippen LogP contribution is 2.21. The number of ether oxygens (including phenoxy) is 2. The van der Waals surface area contributed by atoms with Crippen LogP contribution < -0.4 is 10.1 Å². The molecule has 0 aliphatic carbocycles. The van der Waals surface area contributed by atoms with Gasteiger partial charge in [-0.3, -0.25) is 9.69 Å². The van der Waals surface area contributed by atoms with Crippen LogP contribution in [0.5, 0.6) is 5.75 Å². The average Bonchev–Trinajstić information content (AvgIpc) is 3.02. The molecule has 1 heterocycles. The molecule has 0 aromatic heterocycles. The van der Waals surface area contributed by atoms with Gasteiger partial charge in [-0.2, -0.15) is 0 Å². The van der Waals surface area contributed by atoms with Gasteiger partial charge in [0.25, 0.3) is 0 Å². The zero-order chi connectivity index (χ0) is 16.8. The van der Waals surface area contributed by atoms with Gasteiger partial charge in [0.1, 0.15) is 5.75 Å². The Morgan fingerprint density at radius 1 is 1.35 bits per heavy atom. The number of amides is 1. The van der Waals surface area contributed by atoms with Crippen molar-refractivity contribution in [1.29, 1.82) is 0 Å². The van der Waals surface area contributed by atoms with Crippen LogP contribution in [0.4, 0.5) is 10.1 Å². The number of hydrogen-bond acceptors (Lipinski definition) is 5. The van der Waals surface area contributed by atoms with Crippen LogP contribution >= 0.6 is 0 Å². The van der Waals surface area contributed by atoms with E-state index in [1.54, 1.807) is 36.3 Å². The number of carbonyl (C=O) groups is 2. The predicted octanol–water partition coefficient (Wildman–Crippen LogP) is 1.61. The lowest BCUT2D eigenvalue weighted by Crippen LogP contribution is -2.44. The van der Waals surface area contributed by atoms with Gasteiger partial charge in [0.05, 0.1) is 20.3 Å². The summed E-state index contributed by atoms with van der Waals surface area (Å²) in [6.07, 6.45) is -0.320. The first kappa shape index (κ1) is 17.2. The summed E-state index contributed by atoms with van der Waals surface area (Å²) in [7, 11) is 2.71. The fourth-order valence-electron chi connectivity index (χ4n) is 2.65. The molecule has 1 aliphatic heterocycles. The van der Waals surface area contributed by atoms with Crippen molar-refractivity contribution >= 4 is 17.6 Å². The molecule has 1 aliphatic rings. The molecule has 1 N–H and O–H groups in total. The summed E-state index contributed by atoms with van der Waals surface area (Å²) in [5.41, 5.74) is 0.646. The number of rotatable bonds is 6. The van der Waals surface area contributed by atoms with Crippen LogP contribution in [0.1, 0.15) is 12.8 Å². The molecule has 2 rings (SSSR count).